The average Bonchev–Trinajstić information content (AvgIpc) is 3.32. The molecule has 6 heteroatoms. The molecule has 1 fully saturated rings. The average molecular weight is 355 g/mol. The number of aromatic nitrogens is 2. The van der Waals surface area contributed by atoms with Crippen LogP contribution in [0.1, 0.15) is 49.4 Å². The second kappa shape index (κ2) is 8.83. The summed E-state index contributed by atoms with van der Waals surface area (Å²) < 4.78 is 5.14. The number of nitrogens with one attached hydrogen (secondary N) is 2. The monoisotopic (exact) mass is 355 g/mol. The van der Waals surface area contributed by atoms with Crippen LogP contribution in [0.5, 0.6) is 0 Å². The second-order valence-electron chi connectivity index (χ2n) is 7.04. The van der Waals surface area contributed by atoms with Crippen molar-refractivity contribution in [2.24, 2.45) is 4.99 Å². The van der Waals surface area contributed by atoms with Crippen LogP contribution in [-0.2, 0) is 11.8 Å². The van der Waals surface area contributed by atoms with Crippen LogP contribution < -0.4 is 10.6 Å². The summed E-state index contributed by atoms with van der Waals surface area (Å²) >= 11 is 0. The minimum atomic E-state index is 0.222. The summed E-state index contributed by atoms with van der Waals surface area (Å²) in [7, 11) is 1.82. The lowest BCUT2D eigenvalue weighted by Gasteiger charge is -2.30. The van der Waals surface area contributed by atoms with Gasteiger partial charge in [-0.2, -0.15) is 4.98 Å². The first-order valence-corrected chi connectivity index (χ1v) is 9.51. The summed E-state index contributed by atoms with van der Waals surface area (Å²) in [5.74, 6) is 2.24. The molecule has 0 bridgehead atoms. The smallest absolute Gasteiger partial charge is 0.226 e. The molecule has 0 saturated heterocycles. The van der Waals surface area contributed by atoms with Crippen molar-refractivity contribution in [2.75, 3.05) is 20.1 Å². The third kappa shape index (κ3) is 4.62. The van der Waals surface area contributed by atoms with Gasteiger partial charge in [-0.15, -0.1) is 0 Å². The van der Waals surface area contributed by atoms with Gasteiger partial charge in [-0.1, -0.05) is 48.3 Å². The molecule has 1 saturated carbocycles. The molecule has 0 amide bonds. The Morgan fingerprint density at radius 3 is 2.62 bits per heavy atom. The van der Waals surface area contributed by atoms with E-state index in [1.54, 1.807) is 0 Å². The standard InChI is InChI=1S/C20H29N5O/c1-16-24-18(26-25-16)11-8-14-22-19(21-2)23-15-20(12-6-7-13-20)17-9-4-3-5-10-17/h3-5,9-10H,6-8,11-15H2,1-2H3,(H2,21,22,23). The Bertz CT molecular complexity index is 704. The van der Waals surface area contributed by atoms with Gasteiger partial charge in [0, 0.05) is 32.0 Å². The molecule has 3 rings (SSSR count). The van der Waals surface area contributed by atoms with E-state index < -0.39 is 0 Å². The van der Waals surface area contributed by atoms with Crippen molar-refractivity contribution >= 4 is 5.96 Å². The Labute approximate surface area is 155 Å². The highest BCUT2D eigenvalue weighted by Gasteiger charge is 2.35. The van der Waals surface area contributed by atoms with Crippen LogP contribution in [-0.4, -0.2) is 36.2 Å². The number of hydrogen-bond acceptors (Lipinski definition) is 4. The van der Waals surface area contributed by atoms with Crippen molar-refractivity contribution in [1.82, 2.24) is 20.8 Å². The molecule has 1 heterocycles. The van der Waals surface area contributed by atoms with Gasteiger partial charge in [0.15, 0.2) is 11.8 Å². The van der Waals surface area contributed by atoms with Gasteiger partial charge in [-0.05, 0) is 31.7 Å². The Morgan fingerprint density at radius 2 is 1.96 bits per heavy atom. The van der Waals surface area contributed by atoms with Crippen molar-refractivity contribution in [3.05, 3.63) is 47.6 Å². The van der Waals surface area contributed by atoms with Gasteiger partial charge in [-0.25, -0.2) is 0 Å². The topological polar surface area (TPSA) is 75.3 Å². The first-order chi connectivity index (χ1) is 12.7. The summed E-state index contributed by atoms with van der Waals surface area (Å²) in [5.41, 5.74) is 1.66. The van der Waals surface area contributed by atoms with Crippen molar-refractivity contribution in [1.29, 1.82) is 0 Å². The number of guanidine groups is 1. The maximum Gasteiger partial charge on any atom is 0.226 e. The van der Waals surface area contributed by atoms with E-state index in [2.05, 4.69) is 56.1 Å². The summed E-state index contributed by atoms with van der Waals surface area (Å²) in [4.78, 5) is 8.59. The van der Waals surface area contributed by atoms with Crippen LogP contribution in [0.3, 0.4) is 0 Å². The van der Waals surface area contributed by atoms with E-state index in [0.717, 1.165) is 31.9 Å². The second-order valence-corrected chi connectivity index (χ2v) is 7.04. The predicted molar refractivity (Wildman–Crippen MR) is 103 cm³/mol. The zero-order valence-electron chi connectivity index (χ0n) is 15.8. The van der Waals surface area contributed by atoms with E-state index in [1.165, 1.54) is 31.2 Å². The van der Waals surface area contributed by atoms with Crippen LogP contribution in [0.2, 0.25) is 0 Å². The van der Waals surface area contributed by atoms with Crippen molar-refractivity contribution in [3.63, 3.8) is 0 Å². The van der Waals surface area contributed by atoms with E-state index in [4.69, 9.17) is 4.52 Å². The zero-order valence-corrected chi connectivity index (χ0v) is 15.8. The summed E-state index contributed by atoms with van der Waals surface area (Å²) in [6.45, 7) is 3.57. The molecular formula is C20H29N5O. The van der Waals surface area contributed by atoms with Gasteiger partial charge in [0.2, 0.25) is 5.89 Å². The molecule has 6 nitrogen and oxygen atoms in total. The minimum absolute atomic E-state index is 0.222. The molecule has 1 aromatic carbocycles. The lowest BCUT2D eigenvalue weighted by Crippen LogP contribution is -2.45. The van der Waals surface area contributed by atoms with Crippen LogP contribution in [0.4, 0.5) is 0 Å². The van der Waals surface area contributed by atoms with E-state index in [-0.39, 0.29) is 5.41 Å². The highest BCUT2D eigenvalue weighted by Crippen LogP contribution is 2.40. The Morgan fingerprint density at radius 1 is 1.19 bits per heavy atom. The largest absolute Gasteiger partial charge is 0.356 e. The van der Waals surface area contributed by atoms with Crippen molar-refractivity contribution < 1.29 is 4.52 Å². The fraction of sp³-hybridized carbons (Fsp3) is 0.550. The van der Waals surface area contributed by atoms with Gasteiger partial charge in [0.25, 0.3) is 0 Å². The van der Waals surface area contributed by atoms with Gasteiger partial charge in [0.05, 0.1) is 0 Å². The van der Waals surface area contributed by atoms with E-state index in [1.807, 2.05) is 14.0 Å². The first-order valence-electron chi connectivity index (χ1n) is 9.51. The number of aryl methyl sites for hydroxylation is 2. The van der Waals surface area contributed by atoms with Gasteiger partial charge in [-0.3, -0.25) is 4.99 Å². The number of benzene rings is 1. The molecule has 26 heavy (non-hydrogen) atoms. The molecule has 1 aliphatic rings. The molecule has 0 spiro atoms. The molecule has 0 atom stereocenters. The summed E-state index contributed by atoms with van der Waals surface area (Å²) in [6, 6.07) is 10.9. The molecule has 1 aliphatic carbocycles. The quantitative estimate of drug-likeness (QED) is 0.454. The number of rotatable bonds is 7. The Kier molecular flexibility index (Phi) is 6.26. The maximum atomic E-state index is 5.14. The highest BCUT2D eigenvalue weighted by atomic mass is 16.5. The van der Waals surface area contributed by atoms with Crippen molar-refractivity contribution in [3.8, 4) is 0 Å². The van der Waals surface area contributed by atoms with Crippen LogP contribution in [0, 0.1) is 6.92 Å². The summed E-state index contributed by atoms with van der Waals surface area (Å²) in [6.07, 6.45) is 6.76. The molecule has 1 aromatic heterocycles. The molecule has 0 aliphatic heterocycles. The van der Waals surface area contributed by atoms with Crippen LogP contribution in [0.15, 0.2) is 39.8 Å². The van der Waals surface area contributed by atoms with E-state index >= 15 is 0 Å². The van der Waals surface area contributed by atoms with Gasteiger partial charge < -0.3 is 15.2 Å². The fourth-order valence-electron chi connectivity index (χ4n) is 3.77. The predicted octanol–water partition coefficient (Wildman–Crippen LogP) is 2.99. The molecule has 140 valence electrons. The Balaban J connectivity index is 1.48. The molecular weight excluding hydrogens is 326 g/mol. The molecule has 0 unspecified atom stereocenters. The van der Waals surface area contributed by atoms with Crippen molar-refractivity contribution in [2.45, 2.75) is 50.9 Å². The van der Waals surface area contributed by atoms with Crippen LogP contribution in [0.25, 0.3) is 0 Å². The molecule has 0 radical (unpaired) electrons. The third-order valence-electron chi connectivity index (χ3n) is 5.19. The first kappa shape index (κ1) is 18.4. The van der Waals surface area contributed by atoms with Gasteiger partial charge in [0.1, 0.15) is 0 Å². The lowest BCUT2D eigenvalue weighted by atomic mass is 9.79. The van der Waals surface area contributed by atoms with E-state index in [9.17, 15) is 0 Å². The zero-order chi connectivity index (χ0) is 18.2. The normalized spacial score (nSPS) is 16.6. The third-order valence-corrected chi connectivity index (χ3v) is 5.19. The number of aliphatic imine (C=N–C) groups is 1. The number of hydrogen-bond donors (Lipinski definition) is 2. The number of nitrogens with zero attached hydrogens (tertiary/aromatic N) is 3. The Hall–Kier alpha value is -2.37. The lowest BCUT2D eigenvalue weighted by molar-refractivity contribution is 0.372. The maximum absolute atomic E-state index is 5.14. The molecule has 2 N–H and O–H groups in total. The minimum Gasteiger partial charge on any atom is -0.356 e. The summed E-state index contributed by atoms with van der Waals surface area (Å²) in [5, 5.41) is 10.7. The van der Waals surface area contributed by atoms with E-state index in [0.29, 0.717) is 11.7 Å². The highest BCUT2D eigenvalue weighted by molar-refractivity contribution is 5.79. The molecule has 2 aromatic rings. The van der Waals surface area contributed by atoms with Gasteiger partial charge >= 0.3 is 0 Å². The van der Waals surface area contributed by atoms with Crippen LogP contribution >= 0.6 is 0 Å². The SMILES string of the molecule is CN=C(NCCCc1nc(C)no1)NCC1(c2ccccc2)CCCC1. The fourth-order valence-corrected chi connectivity index (χ4v) is 3.77.